The second kappa shape index (κ2) is 12.8. The van der Waals surface area contributed by atoms with E-state index in [2.05, 4.69) is 30.0 Å². The van der Waals surface area contributed by atoms with Crippen LogP contribution in [0.2, 0.25) is 0 Å². The van der Waals surface area contributed by atoms with E-state index in [4.69, 9.17) is 4.18 Å². The van der Waals surface area contributed by atoms with Gasteiger partial charge < -0.3 is 14.4 Å². The molecule has 1 aliphatic rings. The molecule has 1 N–H and O–H groups in total. The summed E-state index contributed by atoms with van der Waals surface area (Å²) in [4.78, 5) is 14.4. The molecule has 0 spiro atoms. The van der Waals surface area contributed by atoms with Crippen LogP contribution in [0.15, 0.2) is 60.8 Å². The second-order valence-electron chi connectivity index (χ2n) is 7.82. The number of hydrogen-bond acceptors (Lipinski definition) is 4. The predicted molar refractivity (Wildman–Crippen MR) is 133 cm³/mol. The van der Waals surface area contributed by atoms with Gasteiger partial charge in [-0.1, -0.05) is 24.8 Å². The zero-order valence-electron chi connectivity index (χ0n) is 18.7. The molecule has 1 fully saturated rings. The van der Waals surface area contributed by atoms with Gasteiger partial charge in [-0.05, 0) is 63.8 Å². The summed E-state index contributed by atoms with van der Waals surface area (Å²) in [5.41, 5.74) is 0.574. The average Bonchev–Trinajstić information content (AvgIpc) is 2.72. The SMILES string of the molecule is C=C/C=C(\C=C/C)NC(=O)N1CCC(C(C)(C)N(C)SOc2cccc(F)c2)CC1.S. The minimum Gasteiger partial charge on any atom is -0.409 e. The first-order chi connectivity index (χ1) is 14.3. The highest BCUT2D eigenvalue weighted by Gasteiger charge is 2.37. The molecule has 0 unspecified atom stereocenters. The lowest BCUT2D eigenvalue weighted by molar-refractivity contribution is 0.103. The molecule has 8 heteroatoms. The van der Waals surface area contributed by atoms with E-state index < -0.39 is 0 Å². The highest BCUT2D eigenvalue weighted by molar-refractivity contribution is 7.92. The Labute approximate surface area is 197 Å². The van der Waals surface area contributed by atoms with E-state index >= 15 is 0 Å². The third-order valence-electron chi connectivity index (χ3n) is 5.53. The normalized spacial score (nSPS) is 15.7. The number of benzene rings is 1. The molecule has 1 aromatic carbocycles. The van der Waals surface area contributed by atoms with Crippen LogP contribution in [0.3, 0.4) is 0 Å². The van der Waals surface area contributed by atoms with E-state index in [1.54, 1.807) is 24.3 Å². The minimum absolute atomic E-state index is 0. The quantitative estimate of drug-likeness (QED) is 0.304. The standard InChI is InChI=1S/C23H32FN3O2S.H2S/c1-6-9-20(10-7-2)25-22(28)27-15-13-18(14-16-27)23(3,4)26(5)30-29-21-12-8-11-19(24)17-21;/h6-12,17-18H,1,13-16H2,2-5H3,(H,25,28);1H2/b10-7-,20-9+;. The number of urea groups is 1. The van der Waals surface area contributed by atoms with Crippen LogP contribution in [-0.4, -0.2) is 40.9 Å². The van der Waals surface area contributed by atoms with Crippen LogP contribution in [0.4, 0.5) is 9.18 Å². The molecule has 172 valence electrons. The summed E-state index contributed by atoms with van der Waals surface area (Å²) in [6.07, 6.45) is 8.96. The summed E-state index contributed by atoms with van der Waals surface area (Å²) in [5.74, 6) is 0.564. The molecule has 1 aliphatic heterocycles. The molecule has 0 aromatic heterocycles. The fraction of sp³-hybridized carbons (Fsp3) is 0.435. The zero-order valence-corrected chi connectivity index (χ0v) is 20.5. The highest BCUT2D eigenvalue weighted by atomic mass is 32.2. The highest BCUT2D eigenvalue weighted by Crippen LogP contribution is 2.36. The van der Waals surface area contributed by atoms with Crippen molar-refractivity contribution in [3.8, 4) is 5.75 Å². The van der Waals surface area contributed by atoms with E-state index in [1.807, 2.05) is 31.0 Å². The number of carbonyl (C=O) groups is 1. The van der Waals surface area contributed by atoms with Crippen molar-refractivity contribution in [2.24, 2.45) is 5.92 Å². The largest absolute Gasteiger partial charge is 0.409 e. The van der Waals surface area contributed by atoms with E-state index in [9.17, 15) is 9.18 Å². The summed E-state index contributed by atoms with van der Waals surface area (Å²) >= 11 is 1.21. The van der Waals surface area contributed by atoms with E-state index in [1.165, 1.54) is 24.4 Å². The Morgan fingerprint density at radius 1 is 1.39 bits per heavy atom. The fourth-order valence-electron chi connectivity index (χ4n) is 3.41. The van der Waals surface area contributed by atoms with E-state index in [0.29, 0.717) is 24.8 Å². The third kappa shape index (κ3) is 7.94. The summed E-state index contributed by atoms with van der Waals surface area (Å²) in [7, 11) is 1.98. The molecule has 31 heavy (non-hydrogen) atoms. The van der Waals surface area contributed by atoms with E-state index in [-0.39, 0.29) is 30.9 Å². The zero-order chi connectivity index (χ0) is 22.1. The maximum absolute atomic E-state index is 13.3. The first-order valence-corrected chi connectivity index (χ1v) is 10.8. The van der Waals surface area contributed by atoms with Gasteiger partial charge in [-0.25, -0.2) is 13.5 Å². The van der Waals surface area contributed by atoms with Gasteiger partial charge in [0.15, 0.2) is 0 Å². The van der Waals surface area contributed by atoms with E-state index in [0.717, 1.165) is 18.5 Å². The maximum atomic E-state index is 13.3. The number of likely N-dealkylation sites (tertiary alicyclic amines) is 1. The fourth-order valence-corrected chi connectivity index (χ4v) is 4.05. The number of nitrogens with one attached hydrogen (secondary N) is 1. The number of carbonyl (C=O) groups excluding carboxylic acids is 1. The van der Waals surface area contributed by atoms with Crippen molar-refractivity contribution in [1.29, 1.82) is 0 Å². The van der Waals surface area contributed by atoms with Crippen molar-refractivity contribution < 1.29 is 13.4 Å². The van der Waals surface area contributed by atoms with Crippen LogP contribution in [0, 0.1) is 11.7 Å². The van der Waals surface area contributed by atoms with Crippen LogP contribution < -0.4 is 9.50 Å². The van der Waals surface area contributed by atoms with Gasteiger partial charge in [0.1, 0.15) is 23.8 Å². The Bertz CT molecular complexity index is 791. The smallest absolute Gasteiger partial charge is 0.321 e. The molecule has 0 atom stereocenters. The number of hydrogen-bond donors (Lipinski definition) is 1. The van der Waals surface area contributed by atoms with Crippen LogP contribution in [-0.2, 0) is 0 Å². The lowest BCUT2D eigenvalue weighted by atomic mass is 9.80. The Morgan fingerprint density at radius 2 is 2.06 bits per heavy atom. The number of amides is 2. The molecule has 1 saturated heterocycles. The van der Waals surface area contributed by atoms with Gasteiger partial charge in [0.25, 0.3) is 0 Å². The predicted octanol–water partition coefficient (Wildman–Crippen LogP) is 5.66. The summed E-state index contributed by atoms with van der Waals surface area (Å²) in [6, 6.07) is 6.03. The van der Waals surface area contributed by atoms with Gasteiger partial charge >= 0.3 is 6.03 Å². The van der Waals surface area contributed by atoms with Crippen LogP contribution in [0.1, 0.15) is 33.6 Å². The Balaban J connectivity index is 0.00000480. The molecule has 5 nitrogen and oxygen atoms in total. The molecular formula is C23H34FN3O2S2. The molecule has 1 heterocycles. The molecule has 0 aliphatic carbocycles. The summed E-state index contributed by atoms with van der Waals surface area (Å²) < 4.78 is 21.1. The van der Waals surface area contributed by atoms with Crippen LogP contribution in [0.25, 0.3) is 0 Å². The Kier molecular flexibility index (Phi) is 11.2. The van der Waals surface area contributed by atoms with Crippen molar-refractivity contribution in [3.63, 3.8) is 0 Å². The Morgan fingerprint density at radius 3 is 2.65 bits per heavy atom. The maximum Gasteiger partial charge on any atom is 0.321 e. The van der Waals surface area contributed by atoms with Gasteiger partial charge in [0, 0.05) is 37.4 Å². The van der Waals surface area contributed by atoms with Gasteiger partial charge in [-0.2, -0.15) is 13.5 Å². The van der Waals surface area contributed by atoms with Gasteiger partial charge in [-0.15, -0.1) is 0 Å². The average molecular weight is 468 g/mol. The van der Waals surface area contributed by atoms with Gasteiger partial charge in [0.05, 0.1) is 0 Å². The van der Waals surface area contributed by atoms with Crippen molar-refractivity contribution in [3.05, 3.63) is 66.7 Å². The number of piperidine rings is 1. The molecule has 0 saturated carbocycles. The van der Waals surface area contributed by atoms with Crippen molar-refractivity contribution in [1.82, 2.24) is 14.5 Å². The van der Waals surface area contributed by atoms with Crippen LogP contribution in [0.5, 0.6) is 5.75 Å². The van der Waals surface area contributed by atoms with Crippen molar-refractivity contribution in [2.45, 2.75) is 39.2 Å². The lowest BCUT2D eigenvalue weighted by Gasteiger charge is -2.44. The van der Waals surface area contributed by atoms with Crippen LogP contribution >= 0.6 is 25.7 Å². The monoisotopic (exact) mass is 467 g/mol. The summed E-state index contributed by atoms with van der Waals surface area (Å²) in [6.45, 7) is 11.3. The van der Waals surface area contributed by atoms with Gasteiger partial charge in [0.2, 0.25) is 0 Å². The molecule has 2 rings (SSSR count). The lowest BCUT2D eigenvalue weighted by Crippen LogP contribution is -2.51. The number of rotatable bonds is 8. The number of halogens is 1. The second-order valence-corrected chi connectivity index (χ2v) is 8.68. The molecule has 2 amide bonds. The molecule has 0 bridgehead atoms. The summed E-state index contributed by atoms with van der Waals surface area (Å²) in [5, 5.41) is 2.93. The molecule has 1 aromatic rings. The number of allylic oxidation sites excluding steroid dienone is 4. The molecular weight excluding hydrogens is 433 g/mol. The topological polar surface area (TPSA) is 44.8 Å². The molecule has 0 radical (unpaired) electrons. The van der Waals surface area contributed by atoms with Crippen molar-refractivity contribution >= 4 is 31.8 Å². The minimum atomic E-state index is -0.318. The first-order valence-electron chi connectivity index (χ1n) is 10.1. The number of nitrogens with zero attached hydrogens (tertiary/aromatic N) is 2. The first kappa shape index (κ1) is 27.1. The Hall–Kier alpha value is -1.90. The van der Waals surface area contributed by atoms with Crippen molar-refractivity contribution in [2.75, 3.05) is 20.1 Å². The third-order valence-corrected chi connectivity index (χ3v) is 6.49. The van der Waals surface area contributed by atoms with Gasteiger partial charge in [-0.3, -0.25) is 0 Å².